The molecule has 0 aromatic carbocycles. The summed E-state index contributed by atoms with van der Waals surface area (Å²) < 4.78 is 53.8. The molecule has 0 saturated carbocycles. The maximum absolute atomic E-state index is 12.7. The summed E-state index contributed by atoms with van der Waals surface area (Å²) in [5.41, 5.74) is 0. The van der Waals surface area contributed by atoms with Crippen LogP contribution < -0.4 is 0 Å². The molecule has 50 heavy (non-hydrogen) atoms. The van der Waals surface area contributed by atoms with Gasteiger partial charge < -0.3 is 34.3 Å². The van der Waals surface area contributed by atoms with E-state index in [9.17, 15) is 37.9 Å². The lowest BCUT2D eigenvalue weighted by Gasteiger charge is -2.40. The molecule has 0 unspecified atom stereocenters. The number of unbranched alkanes of at least 4 members (excludes halogenated alkanes) is 20. The molecule has 4 N–H and O–H groups in total. The van der Waals surface area contributed by atoms with Crippen LogP contribution in [0.15, 0.2) is 0 Å². The predicted molar refractivity (Wildman–Crippen MR) is 192 cm³/mol. The zero-order valence-corrected chi connectivity index (χ0v) is 31.8. The number of carbonyl (C=O) groups excluding carboxylic acids is 2. The first-order valence-electron chi connectivity index (χ1n) is 19.6. The van der Waals surface area contributed by atoms with E-state index >= 15 is 0 Å². The van der Waals surface area contributed by atoms with Crippen molar-refractivity contribution in [2.24, 2.45) is 0 Å². The van der Waals surface area contributed by atoms with Crippen molar-refractivity contribution >= 4 is 22.1 Å². The average molecular weight is 739 g/mol. The van der Waals surface area contributed by atoms with Gasteiger partial charge in [0.2, 0.25) is 0 Å². The van der Waals surface area contributed by atoms with Crippen LogP contribution in [-0.2, 0) is 38.7 Å². The summed E-state index contributed by atoms with van der Waals surface area (Å²) in [5, 5.41) is 30.7. The van der Waals surface area contributed by atoms with Crippen molar-refractivity contribution in [3.63, 3.8) is 0 Å². The van der Waals surface area contributed by atoms with Gasteiger partial charge in [-0.1, -0.05) is 142 Å². The lowest BCUT2D eigenvalue weighted by atomic mass is 10.00. The van der Waals surface area contributed by atoms with Crippen molar-refractivity contribution in [1.82, 2.24) is 0 Å². The van der Waals surface area contributed by atoms with Gasteiger partial charge in [-0.25, -0.2) is 0 Å². The van der Waals surface area contributed by atoms with Crippen molar-refractivity contribution in [1.29, 1.82) is 0 Å². The largest absolute Gasteiger partial charge is 0.462 e. The molecule has 0 bridgehead atoms. The molecular weight excluding hydrogens is 668 g/mol. The number of aliphatic hydroxyl groups excluding tert-OH is 3. The Kier molecular flexibility index (Phi) is 27.2. The molecule has 0 aromatic rings. The number of carbonyl (C=O) groups is 2. The molecular formula is C37H70O12S. The zero-order valence-electron chi connectivity index (χ0n) is 31.0. The Balaban J connectivity index is 2.52. The van der Waals surface area contributed by atoms with Crippen LogP contribution in [0.2, 0.25) is 0 Å². The third-order valence-electron chi connectivity index (χ3n) is 9.19. The van der Waals surface area contributed by atoms with E-state index in [1.165, 1.54) is 89.9 Å². The van der Waals surface area contributed by atoms with E-state index in [1.54, 1.807) is 0 Å². The number of rotatable bonds is 32. The molecule has 1 fully saturated rings. The van der Waals surface area contributed by atoms with Crippen LogP contribution in [0.4, 0.5) is 0 Å². The van der Waals surface area contributed by atoms with Crippen molar-refractivity contribution in [3.8, 4) is 0 Å². The summed E-state index contributed by atoms with van der Waals surface area (Å²) in [6, 6.07) is 0. The minimum absolute atomic E-state index is 0.171. The third kappa shape index (κ3) is 24.0. The Morgan fingerprint density at radius 3 is 1.46 bits per heavy atom. The second-order valence-electron chi connectivity index (χ2n) is 14.0. The fourth-order valence-corrected chi connectivity index (χ4v) is 6.78. The number of hydrogen-bond donors (Lipinski definition) is 4. The van der Waals surface area contributed by atoms with Crippen LogP contribution in [0, 0.1) is 0 Å². The van der Waals surface area contributed by atoms with Crippen LogP contribution in [-0.4, -0.2) is 96.0 Å². The maximum atomic E-state index is 12.7. The SMILES string of the molecule is CCCCCCCCCCCCCC(=O)OC[C@H](CO[C@@H]1O[C@H](CS(=O)(=O)O)[C@@H](O)[C@H](O)[C@H]1O)OC(=O)CCCCCCCCCCCCC. The monoisotopic (exact) mass is 738 g/mol. The highest BCUT2D eigenvalue weighted by Gasteiger charge is 2.46. The van der Waals surface area contributed by atoms with E-state index in [2.05, 4.69) is 13.8 Å². The fourth-order valence-electron chi connectivity index (χ4n) is 6.09. The molecule has 1 rings (SSSR count). The minimum Gasteiger partial charge on any atom is -0.462 e. The Hall–Kier alpha value is -1.35. The van der Waals surface area contributed by atoms with Gasteiger partial charge in [-0.2, -0.15) is 8.42 Å². The summed E-state index contributed by atoms with van der Waals surface area (Å²) >= 11 is 0. The van der Waals surface area contributed by atoms with Crippen LogP contribution >= 0.6 is 0 Å². The summed E-state index contributed by atoms with van der Waals surface area (Å²) in [4.78, 5) is 25.2. The lowest BCUT2D eigenvalue weighted by Crippen LogP contribution is -2.60. The normalized spacial score (nSPS) is 21.6. The van der Waals surface area contributed by atoms with Gasteiger partial charge in [-0.05, 0) is 12.8 Å². The van der Waals surface area contributed by atoms with Crippen molar-refractivity contribution in [2.45, 2.75) is 205 Å². The van der Waals surface area contributed by atoms with E-state index in [0.29, 0.717) is 12.8 Å². The molecule has 0 amide bonds. The van der Waals surface area contributed by atoms with Crippen molar-refractivity contribution < 1.29 is 56.8 Å². The van der Waals surface area contributed by atoms with E-state index in [0.717, 1.165) is 38.5 Å². The van der Waals surface area contributed by atoms with Crippen LogP contribution in [0.25, 0.3) is 0 Å². The van der Waals surface area contributed by atoms with Gasteiger partial charge in [0, 0.05) is 12.8 Å². The van der Waals surface area contributed by atoms with Gasteiger partial charge in [-0.3, -0.25) is 14.1 Å². The summed E-state index contributed by atoms with van der Waals surface area (Å²) in [6.07, 6.45) is 15.9. The molecule has 1 aliphatic heterocycles. The first kappa shape index (κ1) is 46.7. The number of aliphatic hydroxyl groups is 3. The first-order valence-corrected chi connectivity index (χ1v) is 21.2. The molecule has 13 heteroatoms. The number of hydrogen-bond acceptors (Lipinski definition) is 11. The lowest BCUT2D eigenvalue weighted by molar-refractivity contribution is -0.297. The minimum atomic E-state index is -4.59. The molecule has 0 aromatic heterocycles. The van der Waals surface area contributed by atoms with E-state index in [1.807, 2.05) is 0 Å². The Labute approximate surface area is 302 Å². The summed E-state index contributed by atoms with van der Waals surface area (Å²) in [5.74, 6) is -1.97. The van der Waals surface area contributed by atoms with Gasteiger partial charge in [-0.15, -0.1) is 0 Å². The van der Waals surface area contributed by atoms with Crippen LogP contribution in [0.3, 0.4) is 0 Å². The molecule has 12 nitrogen and oxygen atoms in total. The van der Waals surface area contributed by atoms with Gasteiger partial charge >= 0.3 is 11.9 Å². The Morgan fingerprint density at radius 1 is 0.600 bits per heavy atom. The second-order valence-corrected chi connectivity index (χ2v) is 15.5. The molecule has 296 valence electrons. The van der Waals surface area contributed by atoms with E-state index in [4.69, 9.17) is 18.9 Å². The fraction of sp³-hybridized carbons (Fsp3) is 0.946. The average Bonchev–Trinajstić information content (AvgIpc) is 3.07. The summed E-state index contributed by atoms with van der Waals surface area (Å²) in [6.45, 7) is 3.72. The molecule has 1 heterocycles. The highest BCUT2D eigenvalue weighted by atomic mass is 32.2. The van der Waals surface area contributed by atoms with Gasteiger partial charge in [0.1, 0.15) is 36.8 Å². The Bertz CT molecular complexity index is 962. The standard InChI is InChI=1S/C37H70O12S/c1-3-5-7-9-11-13-15-17-19-21-23-25-32(38)46-27-30(48-33(39)26-24-22-20-18-16-14-12-10-8-6-4-2)28-47-37-36(42)35(41)34(40)31(49-37)29-50(43,44)45/h30-31,34-37,40-42H,3-29H2,1-2H3,(H,43,44,45)/t30-,31-,34-,35+,36-,37-/m1/s1. The van der Waals surface area contributed by atoms with Gasteiger partial charge in [0.25, 0.3) is 10.1 Å². The number of ether oxygens (including phenoxy) is 4. The maximum Gasteiger partial charge on any atom is 0.306 e. The zero-order chi connectivity index (χ0) is 37.0. The Morgan fingerprint density at radius 2 is 1.02 bits per heavy atom. The van der Waals surface area contributed by atoms with Crippen LogP contribution in [0.1, 0.15) is 168 Å². The summed E-state index contributed by atoms with van der Waals surface area (Å²) in [7, 11) is -4.59. The molecule has 0 aliphatic carbocycles. The van der Waals surface area contributed by atoms with Crippen molar-refractivity contribution in [2.75, 3.05) is 19.0 Å². The molecule has 0 radical (unpaired) electrons. The first-order chi connectivity index (χ1) is 24.0. The predicted octanol–water partition coefficient (Wildman–Crippen LogP) is 6.56. The quantitative estimate of drug-likeness (QED) is 0.0332. The topological polar surface area (TPSA) is 186 Å². The van der Waals surface area contributed by atoms with Gasteiger partial charge in [0.05, 0.1) is 6.61 Å². The molecule has 0 spiro atoms. The van der Waals surface area contributed by atoms with E-state index < -0.39 is 71.2 Å². The number of esters is 2. The molecule has 1 saturated heterocycles. The van der Waals surface area contributed by atoms with Crippen LogP contribution in [0.5, 0.6) is 0 Å². The second kappa shape index (κ2) is 29.1. The van der Waals surface area contributed by atoms with E-state index in [-0.39, 0.29) is 19.4 Å². The molecule has 1 aliphatic rings. The highest BCUT2D eigenvalue weighted by Crippen LogP contribution is 2.24. The molecule has 6 atom stereocenters. The highest BCUT2D eigenvalue weighted by molar-refractivity contribution is 7.85. The third-order valence-corrected chi connectivity index (χ3v) is 9.94. The smallest absolute Gasteiger partial charge is 0.306 e. The van der Waals surface area contributed by atoms with Gasteiger partial charge in [0.15, 0.2) is 12.4 Å². The van der Waals surface area contributed by atoms with Crippen molar-refractivity contribution in [3.05, 3.63) is 0 Å².